The zero-order chi connectivity index (χ0) is 19.2. The minimum absolute atomic E-state index is 0.0659. The Balaban J connectivity index is 1.17. The van der Waals surface area contributed by atoms with E-state index in [0.717, 1.165) is 23.3 Å². The van der Waals surface area contributed by atoms with Crippen molar-refractivity contribution in [2.24, 2.45) is 0 Å². The minimum atomic E-state index is 0.0659. The molecule has 1 aromatic heterocycles. The molecule has 1 amide bonds. The molecule has 0 N–H and O–H groups in total. The lowest BCUT2D eigenvalue weighted by Gasteiger charge is -2.38. The number of carbonyl (C=O) groups is 1. The first-order valence-corrected chi connectivity index (χ1v) is 10.2. The Labute approximate surface area is 168 Å². The number of nitrogens with zero attached hydrogens (tertiary/aromatic N) is 2. The van der Waals surface area contributed by atoms with E-state index < -0.39 is 0 Å². The van der Waals surface area contributed by atoms with Gasteiger partial charge in [0.1, 0.15) is 18.5 Å². The van der Waals surface area contributed by atoms with Crippen molar-refractivity contribution in [1.29, 1.82) is 0 Å². The standard InChI is InChI=1S/C22H22N2O3S/c25-21(24-14-20(15-24)27-22-23-12-13-28-22)11-8-17-6-9-19(10-7-17)26-16-18-4-2-1-3-5-18/h1-7,9-10,12-13,20H,8,11,14-16H2. The average molecular weight is 394 g/mol. The Bertz CT molecular complexity index is 876. The lowest BCUT2D eigenvalue weighted by molar-refractivity contribution is -0.139. The number of amides is 1. The molecule has 0 spiro atoms. The molecular weight excluding hydrogens is 372 g/mol. The first-order chi connectivity index (χ1) is 13.8. The first-order valence-electron chi connectivity index (χ1n) is 9.36. The second kappa shape index (κ2) is 8.89. The number of hydrogen-bond acceptors (Lipinski definition) is 5. The molecule has 2 aromatic carbocycles. The number of aromatic nitrogens is 1. The van der Waals surface area contributed by atoms with E-state index in [2.05, 4.69) is 4.98 Å². The van der Waals surface area contributed by atoms with Crippen LogP contribution < -0.4 is 9.47 Å². The van der Waals surface area contributed by atoms with Crippen LogP contribution in [0.5, 0.6) is 10.9 Å². The summed E-state index contributed by atoms with van der Waals surface area (Å²) in [4.78, 5) is 18.3. The highest BCUT2D eigenvalue weighted by molar-refractivity contribution is 7.11. The molecule has 28 heavy (non-hydrogen) atoms. The molecule has 0 bridgehead atoms. The predicted molar refractivity (Wildman–Crippen MR) is 109 cm³/mol. The van der Waals surface area contributed by atoms with Crippen molar-refractivity contribution in [3.63, 3.8) is 0 Å². The van der Waals surface area contributed by atoms with Gasteiger partial charge in [-0.3, -0.25) is 4.79 Å². The molecule has 2 heterocycles. The highest BCUT2D eigenvalue weighted by Gasteiger charge is 2.32. The number of aryl methyl sites for hydroxylation is 1. The van der Waals surface area contributed by atoms with Crippen LogP contribution in [0.2, 0.25) is 0 Å². The fourth-order valence-electron chi connectivity index (χ4n) is 3.03. The molecule has 1 aliphatic rings. The van der Waals surface area contributed by atoms with Gasteiger partial charge in [-0.05, 0) is 29.7 Å². The van der Waals surface area contributed by atoms with Crippen molar-refractivity contribution in [2.45, 2.75) is 25.6 Å². The Morgan fingerprint density at radius 2 is 1.86 bits per heavy atom. The highest BCUT2D eigenvalue weighted by atomic mass is 32.1. The Morgan fingerprint density at radius 1 is 1.07 bits per heavy atom. The maximum absolute atomic E-state index is 12.3. The second-order valence-electron chi connectivity index (χ2n) is 6.75. The maximum atomic E-state index is 12.3. The molecule has 4 rings (SSSR count). The van der Waals surface area contributed by atoms with Crippen LogP contribution in [0.25, 0.3) is 0 Å². The topological polar surface area (TPSA) is 51.7 Å². The fourth-order valence-corrected chi connectivity index (χ4v) is 3.58. The quantitative estimate of drug-likeness (QED) is 0.581. The molecule has 0 aliphatic carbocycles. The number of likely N-dealkylation sites (tertiary alicyclic amines) is 1. The molecule has 0 saturated carbocycles. The first kappa shape index (κ1) is 18.5. The highest BCUT2D eigenvalue weighted by Crippen LogP contribution is 2.21. The van der Waals surface area contributed by atoms with Crippen LogP contribution >= 0.6 is 11.3 Å². The molecule has 144 valence electrons. The molecule has 1 fully saturated rings. The third-order valence-electron chi connectivity index (χ3n) is 4.68. The SMILES string of the molecule is O=C(CCc1ccc(OCc2ccccc2)cc1)N1CC(Oc2nccs2)C1. The summed E-state index contributed by atoms with van der Waals surface area (Å²) in [6.07, 6.45) is 3.02. The zero-order valence-corrected chi connectivity index (χ0v) is 16.3. The van der Waals surface area contributed by atoms with E-state index in [4.69, 9.17) is 9.47 Å². The van der Waals surface area contributed by atoms with E-state index in [9.17, 15) is 4.79 Å². The van der Waals surface area contributed by atoms with E-state index >= 15 is 0 Å². The molecule has 6 heteroatoms. The minimum Gasteiger partial charge on any atom is -0.489 e. The molecule has 1 aliphatic heterocycles. The third kappa shape index (κ3) is 4.89. The van der Waals surface area contributed by atoms with Gasteiger partial charge in [0, 0.05) is 18.0 Å². The van der Waals surface area contributed by atoms with Crippen molar-refractivity contribution < 1.29 is 14.3 Å². The number of benzene rings is 2. The number of carbonyl (C=O) groups excluding carboxylic acids is 1. The number of hydrogen-bond donors (Lipinski definition) is 0. The zero-order valence-electron chi connectivity index (χ0n) is 15.5. The molecule has 0 radical (unpaired) electrons. The second-order valence-corrected chi connectivity index (χ2v) is 7.61. The largest absolute Gasteiger partial charge is 0.489 e. The Morgan fingerprint density at radius 3 is 2.57 bits per heavy atom. The van der Waals surface area contributed by atoms with E-state index in [-0.39, 0.29) is 12.0 Å². The third-order valence-corrected chi connectivity index (χ3v) is 5.34. The summed E-state index contributed by atoms with van der Waals surface area (Å²) in [5.74, 6) is 1.01. The van der Waals surface area contributed by atoms with Crippen LogP contribution in [0.15, 0.2) is 66.2 Å². The lowest BCUT2D eigenvalue weighted by Crippen LogP contribution is -2.56. The van der Waals surface area contributed by atoms with Crippen molar-refractivity contribution in [1.82, 2.24) is 9.88 Å². The van der Waals surface area contributed by atoms with Crippen LogP contribution in [0.1, 0.15) is 17.5 Å². The van der Waals surface area contributed by atoms with Gasteiger partial charge in [0.05, 0.1) is 13.1 Å². The van der Waals surface area contributed by atoms with Gasteiger partial charge in [-0.1, -0.05) is 53.8 Å². The van der Waals surface area contributed by atoms with Gasteiger partial charge in [0.2, 0.25) is 5.91 Å². The molecular formula is C22H22N2O3S. The van der Waals surface area contributed by atoms with Gasteiger partial charge in [-0.25, -0.2) is 4.98 Å². The van der Waals surface area contributed by atoms with Crippen LogP contribution in [0, 0.1) is 0 Å². The maximum Gasteiger partial charge on any atom is 0.273 e. The normalized spacial score (nSPS) is 13.8. The van der Waals surface area contributed by atoms with Gasteiger partial charge >= 0.3 is 0 Å². The van der Waals surface area contributed by atoms with Gasteiger partial charge in [0.25, 0.3) is 5.19 Å². The fraction of sp³-hybridized carbons (Fsp3) is 0.273. The smallest absolute Gasteiger partial charge is 0.273 e. The lowest BCUT2D eigenvalue weighted by atomic mass is 10.1. The number of thiazole rings is 1. The van der Waals surface area contributed by atoms with Crippen LogP contribution in [0.3, 0.4) is 0 Å². The van der Waals surface area contributed by atoms with Gasteiger partial charge in [0.15, 0.2) is 0 Å². The average Bonchev–Trinajstić information content (AvgIpc) is 3.22. The molecule has 1 saturated heterocycles. The Hall–Kier alpha value is -2.86. The molecule has 5 nitrogen and oxygen atoms in total. The monoisotopic (exact) mass is 394 g/mol. The van der Waals surface area contributed by atoms with Crippen molar-refractivity contribution in [2.75, 3.05) is 13.1 Å². The summed E-state index contributed by atoms with van der Waals surface area (Å²) in [6, 6.07) is 18.1. The molecule has 0 atom stereocenters. The number of rotatable bonds is 8. The van der Waals surface area contributed by atoms with Crippen LogP contribution in [-0.4, -0.2) is 35.0 Å². The van der Waals surface area contributed by atoms with Crippen molar-refractivity contribution >= 4 is 17.2 Å². The molecule has 3 aromatic rings. The Kier molecular flexibility index (Phi) is 5.87. The molecule has 0 unspecified atom stereocenters. The summed E-state index contributed by atoms with van der Waals surface area (Å²) in [6.45, 7) is 1.84. The van der Waals surface area contributed by atoms with Crippen LogP contribution in [-0.2, 0) is 17.8 Å². The van der Waals surface area contributed by atoms with Crippen molar-refractivity contribution in [3.8, 4) is 10.9 Å². The van der Waals surface area contributed by atoms with E-state index in [0.29, 0.717) is 31.3 Å². The van der Waals surface area contributed by atoms with Gasteiger partial charge in [-0.15, -0.1) is 0 Å². The van der Waals surface area contributed by atoms with E-state index in [1.807, 2.05) is 64.9 Å². The summed E-state index contributed by atoms with van der Waals surface area (Å²) in [5, 5.41) is 2.56. The van der Waals surface area contributed by atoms with Crippen molar-refractivity contribution in [3.05, 3.63) is 77.3 Å². The predicted octanol–water partition coefficient (Wildman–Crippen LogP) is 3.94. The van der Waals surface area contributed by atoms with Gasteiger partial charge < -0.3 is 14.4 Å². The van der Waals surface area contributed by atoms with E-state index in [1.54, 1.807) is 6.20 Å². The summed E-state index contributed by atoms with van der Waals surface area (Å²) < 4.78 is 11.5. The van der Waals surface area contributed by atoms with E-state index in [1.165, 1.54) is 11.3 Å². The van der Waals surface area contributed by atoms with Gasteiger partial charge in [-0.2, -0.15) is 0 Å². The summed E-state index contributed by atoms with van der Waals surface area (Å²) in [7, 11) is 0. The summed E-state index contributed by atoms with van der Waals surface area (Å²) >= 11 is 1.47. The number of ether oxygens (including phenoxy) is 2. The van der Waals surface area contributed by atoms with Crippen LogP contribution in [0.4, 0.5) is 0 Å². The summed E-state index contributed by atoms with van der Waals surface area (Å²) in [5.41, 5.74) is 2.28.